The molecular formula is C10H17BrN2. The molecule has 13 heavy (non-hydrogen) atoms. The molecule has 1 aromatic rings. The fraction of sp³-hybridized carbons (Fsp3) is 0.700. The minimum atomic E-state index is 0.367. The van der Waals surface area contributed by atoms with E-state index in [2.05, 4.69) is 39.3 Å². The van der Waals surface area contributed by atoms with Crippen LogP contribution in [0.2, 0.25) is 0 Å². The van der Waals surface area contributed by atoms with Crippen molar-refractivity contribution in [1.82, 2.24) is 9.55 Å². The van der Waals surface area contributed by atoms with Crippen molar-refractivity contribution in [2.24, 2.45) is 12.5 Å². The Balaban J connectivity index is 2.48. The van der Waals surface area contributed by atoms with Gasteiger partial charge in [-0.3, -0.25) is 0 Å². The number of aryl methyl sites for hydroxylation is 2. The quantitative estimate of drug-likeness (QED) is 0.746. The molecule has 0 radical (unpaired) electrons. The van der Waals surface area contributed by atoms with Crippen molar-refractivity contribution < 1.29 is 0 Å². The van der Waals surface area contributed by atoms with Crippen molar-refractivity contribution in [3.8, 4) is 0 Å². The Hall–Kier alpha value is -0.310. The van der Waals surface area contributed by atoms with Gasteiger partial charge in [-0.15, -0.1) is 0 Å². The van der Waals surface area contributed by atoms with Gasteiger partial charge in [-0.25, -0.2) is 4.98 Å². The van der Waals surface area contributed by atoms with Gasteiger partial charge in [0.2, 0.25) is 0 Å². The Labute approximate surface area is 88.5 Å². The first-order valence-electron chi connectivity index (χ1n) is 4.57. The van der Waals surface area contributed by atoms with E-state index in [1.807, 2.05) is 19.4 Å². The molecule has 0 saturated heterocycles. The summed E-state index contributed by atoms with van der Waals surface area (Å²) in [6.45, 7) is 4.54. The monoisotopic (exact) mass is 244 g/mol. The van der Waals surface area contributed by atoms with Crippen LogP contribution >= 0.6 is 15.9 Å². The number of aromatic nitrogens is 2. The van der Waals surface area contributed by atoms with Gasteiger partial charge in [-0.05, 0) is 11.8 Å². The first kappa shape index (κ1) is 10.8. The van der Waals surface area contributed by atoms with E-state index < -0.39 is 0 Å². The summed E-state index contributed by atoms with van der Waals surface area (Å²) in [4.78, 5) is 4.30. The maximum absolute atomic E-state index is 4.30. The van der Waals surface area contributed by atoms with Crippen LogP contribution in [0.15, 0.2) is 12.4 Å². The topological polar surface area (TPSA) is 17.8 Å². The number of alkyl halides is 1. The van der Waals surface area contributed by atoms with Crippen LogP contribution in [0.3, 0.4) is 0 Å². The van der Waals surface area contributed by atoms with E-state index in [4.69, 9.17) is 0 Å². The van der Waals surface area contributed by atoms with E-state index in [1.54, 1.807) is 0 Å². The summed E-state index contributed by atoms with van der Waals surface area (Å²) in [6.07, 6.45) is 6.08. The molecule has 74 valence electrons. The van der Waals surface area contributed by atoms with Crippen molar-refractivity contribution in [2.45, 2.75) is 26.7 Å². The normalized spacial score (nSPS) is 12.0. The van der Waals surface area contributed by atoms with E-state index in [0.29, 0.717) is 5.41 Å². The lowest BCUT2D eigenvalue weighted by atomic mass is 9.90. The lowest BCUT2D eigenvalue weighted by Crippen LogP contribution is -2.15. The maximum atomic E-state index is 4.30. The highest BCUT2D eigenvalue weighted by atomic mass is 79.9. The molecule has 0 aliphatic carbocycles. The maximum Gasteiger partial charge on any atom is 0.108 e. The molecule has 0 fully saturated rings. The summed E-state index contributed by atoms with van der Waals surface area (Å²) in [5.74, 6) is 1.18. The number of hydrogen-bond acceptors (Lipinski definition) is 1. The van der Waals surface area contributed by atoms with Crippen molar-refractivity contribution in [3.63, 3.8) is 0 Å². The third kappa shape index (κ3) is 3.14. The highest BCUT2D eigenvalue weighted by molar-refractivity contribution is 9.09. The summed E-state index contributed by atoms with van der Waals surface area (Å²) >= 11 is 3.53. The van der Waals surface area contributed by atoms with E-state index in [9.17, 15) is 0 Å². The highest BCUT2D eigenvalue weighted by Gasteiger charge is 2.16. The van der Waals surface area contributed by atoms with Crippen LogP contribution in [0, 0.1) is 5.41 Å². The molecule has 0 bridgehead atoms. The Bertz CT molecular complexity index is 266. The molecule has 2 nitrogen and oxygen atoms in total. The van der Waals surface area contributed by atoms with E-state index in [-0.39, 0.29) is 0 Å². The Morgan fingerprint density at radius 3 is 2.69 bits per heavy atom. The summed E-state index contributed by atoms with van der Waals surface area (Å²) in [5.41, 5.74) is 0.367. The largest absolute Gasteiger partial charge is 0.338 e. The van der Waals surface area contributed by atoms with Crippen molar-refractivity contribution in [2.75, 3.05) is 5.33 Å². The number of halogens is 1. The van der Waals surface area contributed by atoms with Gasteiger partial charge < -0.3 is 4.57 Å². The number of imidazole rings is 1. The van der Waals surface area contributed by atoms with Crippen molar-refractivity contribution in [3.05, 3.63) is 18.2 Å². The van der Waals surface area contributed by atoms with Crippen molar-refractivity contribution in [1.29, 1.82) is 0 Å². The van der Waals surface area contributed by atoms with E-state index >= 15 is 0 Å². The summed E-state index contributed by atoms with van der Waals surface area (Å²) in [7, 11) is 2.05. The van der Waals surface area contributed by atoms with Gasteiger partial charge in [0.15, 0.2) is 0 Å². The number of rotatable bonds is 4. The van der Waals surface area contributed by atoms with Crippen LogP contribution in [-0.4, -0.2) is 14.9 Å². The zero-order valence-corrected chi connectivity index (χ0v) is 10.1. The van der Waals surface area contributed by atoms with Crippen LogP contribution in [0.1, 0.15) is 26.1 Å². The van der Waals surface area contributed by atoms with Gasteiger partial charge in [0.25, 0.3) is 0 Å². The molecule has 1 aromatic heterocycles. The molecule has 0 atom stereocenters. The zero-order chi connectivity index (χ0) is 9.90. The zero-order valence-electron chi connectivity index (χ0n) is 8.55. The van der Waals surface area contributed by atoms with Gasteiger partial charge >= 0.3 is 0 Å². The van der Waals surface area contributed by atoms with Gasteiger partial charge in [0.1, 0.15) is 5.82 Å². The van der Waals surface area contributed by atoms with Crippen LogP contribution in [0.4, 0.5) is 0 Å². The first-order chi connectivity index (χ1) is 6.05. The van der Waals surface area contributed by atoms with Crippen LogP contribution < -0.4 is 0 Å². The van der Waals surface area contributed by atoms with Gasteiger partial charge in [0.05, 0.1) is 0 Å². The summed E-state index contributed by atoms with van der Waals surface area (Å²) < 4.78 is 2.09. The molecule has 3 heteroatoms. The average molecular weight is 245 g/mol. The third-order valence-electron chi connectivity index (χ3n) is 2.31. The second-order valence-corrected chi connectivity index (χ2v) is 4.81. The molecular weight excluding hydrogens is 228 g/mol. The predicted molar refractivity (Wildman–Crippen MR) is 59.1 cm³/mol. The van der Waals surface area contributed by atoms with Crippen LogP contribution in [0.5, 0.6) is 0 Å². The second-order valence-electron chi connectivity index (χ2n) is 4.25. The van der Waals surface area contributed by atoms with Crippen molar-refractivity contribution >= 4 is 15.9 Å². The highest BCUT2D eigenvalue weighted by Crippen LogP contribution is 2.24. The molecule has 0 aliphatic heterocycles. The molecule has 0 aliphatic rings. The smallest absolute Gasteiger partial charge is 0.108 e. The summed E-state index contributed by atoms with van der Waals surface area (Å²) in [5, 5.41) is 1.05. The Kier molecular flexibility index (Phi) is 3.54. The minimum absolute atomic E-state index is 0.367. The van der Waals surface area contributed by atoms with E-state index in [0.717, 1.165) is 11.8 Å². The molecule has 1 heterocycles. The van der Waals surface area contributed by atoms with Crippen LogP contribution in [0.25, 0.3) is 0 Å². The standard InChI is InChI=1S/C10H17BrN2/c1-10(2,8-11)5-4-9-12-6-7-13(9)3/h6-7H,4-5,8H2,1-3H3. The van der Waals surface area contributed by atoms with E-state index in [1.165, 1.54) is 12.2 Å². The average Bonchev–Trinajstić information content (AvgIpc) is 2.48. The number of nitrogens with zero attached hydrogens (tertiary/aromatic N) is 2. The summed E-state index contributed by atoms with van der Waals surface area (Å²) in [6, 6.07) is 0. The second kappa shape index (κ2) is 4.27. The molecule has 0 N–H and O–H groups in total. The van der Waals surface area contributed by atoms with Gasteiger partial charge in [0, 0.05) is 31.2 Å². The third-order valence-corrected chi connectivity index (χ3v) is 3.83. The lowest BCUT2D eigenvalue weighted by Gasteiger charge is -2.20. The lowest BCUT2D eigenvalue weighted by molar-refractivity contribution is 0.384. The van der Waals surface area contributed by atoms with Gasteiger partial charge in [-0.2, -0.15) is 0 Å². The molecule has 0 unspecified atom stereocenters. The molecule has 0 spiro atoms. The molecule has 0 amide bonds. The minimum Gasteiger partial charge on any atom is -0.338 e. The molecule has 1 rings (SSSR count). The molecule has 0 aromatic carbocycles. The Morgan fingerprint density at radius 2 is 2.23 bits per heavy atom. The Morgan fingerprint density at radius 1 is 1.54 bits per heavy atom. The SMILES string of the molecule is Cn1ccnc1CCC(C)(C)CBr. The molecule has 0 saturated carbocycles. The first-order valence-corrected chi connectivity index (χ1v) is 5.69. The van der Waals surface area contributed by atoms with Crippen LogP contribution in [-0.2, 0) is 13.5 Å². The fourth-order valence-corrected chi connectivity index (χ4v) is 1.43. The van der Waals surface area contributed by atoms with Gasteiger partial charge in [-0.1, -0.05) is 29.8 Å². The number of hydrogen-bond donors (Lipinski definition) is 0. The predicted octanol–water partition coefficient (Wildman–Crippen LogP) is 2.77. The fourth-order valence-electron chi connectivity index (χ4n) is 1.15.